The van der Waals surface area contributed by atoms with Crippen LogP contribution in [0.2, 0.25) is 0 Å². The van der Waals surface area contributed by atoms with Crippen LogP contribution in [0.15, 0.2) is 0 Å². The molecule has 8 nitrogen and oxygen atoms in total. The zero-order valence-electron chi connectivity index (χ0n) is 12.9. The third kappa shape index (κ3) is 6.19. The lowest BCUT2D eigenvalue weighted by molar-refractivity contribution is -0.165. The molecule has 0 bridgehead atoms. The fourth-order valence-corrected chi connectivity index (χ4v) is 1.28. The predicted octanol–water partition coefficient (Wildman–Crippen LogP) is -0.964. The zero-order chi connectivity index (χ0) is 16.7. The van der Waals surface area contributed by atoms with Gasteiger partial charge in [-0.05, 0) is 19.8 Å². The second-order valence-electron chi connectivity index (χ2n) is 5.11. The van der Waals surface area contributed by atoms with E-state index in [1.54, 1.807) is 6.92 Å². The van der Waals surface area contributed by atoms with Gasteiger partial charge in [-0.2, -0.15) is 0 Å². The van der Waals surface area contributed by atoms with E-state index in [0.717, 1.165) is 0 Å². The summed E-state index contributed by atoms with van der Waals surface area (Å²) in [5.41, 5.74) is 16.6. The largest absolute Gasteiger partial charge is 0.459 e. The number of rotatable bonds is 7. The monoisotopic (exact) mass is 303 g/mol. The Morgan fingerprint density at radius 3 is 1.81 bits per heavy atom. The Morgan fingerprint density at radius 1 is 0.905 bits per heavy atom. The van der Waals surface area contributed by atoms with Gasteiger partial charge in [0.2, 0.25) is 0 Å². The molecule has 0 saturated heterocycles. The van der Waals surface area contributed by atoms with E-state index in [-0.39, 0.29) is 5.92 Å². The summed E-state index contributed by atoms with van der Waals surface area (Å²) in [5, 5.41) is 0. The Hall–Kier alpha value is -1.51. The quantitative estimate of drug-likeness (QED) is 0.402. The van der Waals surface area contributed by atoms with Crippen molar-refractivity contribution in [1.82, 2.24) is 0 Å². The van der Waals surface area contributed by atoms with E-state index >= 15 is 0 Å². The summed E-state index contributed by atoms with van der Waals surface area (Å²) >= 11 is 0. The Morgan fingerprint density at radius 2 is 1.38 bits per heavy atom. The molecule has 21 heavy (non-hydrogen) atoms. The molecule has 0 rings (SSSR count). The minimum absolute atomic E-state index is 0.130. The molecule has 0 amide bonds. The van der Waals surface area contributed by atoms with Crippen LogP contribution in [0.3, 0.4) is 0 Å². The molecular weight excluding hydrogens is 278 g/mol. The standard InChI is InChI=1S/C13H25N3O5/c1-5-6(2)9(15)12(18)21-13(19)10(16)8(4)20-11(17)7(3)14/h6-10H,5,14-16H2,1-4H3/t6-,7-,8+,9-,10-/m0/s1. The van der Waals surface area contributed by atoms with Gasteiger partial charge in [0.05, 0.1) is 0 Å². The summed E-state index contributed by atoms with van der Waals surface area (Å²) in [6.45, 7) is 6.48. The summed E-state index contributed by atoms with van der Waals surface area (Å²) in [7, 11) is 0. The molecule has 6 N–H and O–H groups in total. The highest BCUT2D eigenvalue weighted by Crippen LogP contribution is 2.08. The molecular formula is C13H25N3O5. The van der Waals surface area contributed by atoms with Crippen LogP contribution in [0, 0.1) is 5.92 Å². The molecule has 5 atom stereocenters. The smallest absolute Gasteiger partial charge is 0.334 e. The molecule has 0 aromatic rings. The molecule has 8 heteroatoms. The minimum atomic E-state index is -1.29. The topological polar surface area (TPSA) is 148 Å². The normalized spacial score (nSPS) is 18.0. The van der Waals surface area contributed by atoms with Gasteiger partial charge in [0, 0.05) is 0 Å². The van der Waals surface area contributed by atoms with Crippen LogP contribution in [0.1, 0.15) is 34.1 Å². The molecule has 122 valence electrons. The number of hydrogen-bond acceptors (Lipinski definition) is 8. The van der Waals surface area contributed by atoms with Crippen molar-refractivity contribution < 1.29 is 23.9 Å². The van der Waals surface area contributed by atoms with Gasteiger partial charge in [-0.1, -0.05) is 20.3 Å². The predicted molar refractivity (Wildman–Crippen MR) is 75.7 cm³/mol. The molecule has 0 aliphatic heterocycles. The van der Waals surface area contributed by atoms with Crippen molar-refractivity contribution in [3.63, 3.8) is 0 Å². The Kier molecular flexibility index (Phi) is 8.08. The number of esters is 3. The second-order valence-corrected chi connectivity index (χ2v) is 5.11. The SMILES string of the molecule is CC[C@H](C)[C@H](N)C(=O)OC(=O)[C@@H](N)[C@@H](C)OC(=O)[C@H](C)N. The van der Waals surface area contributed by atoms with Crippen molar-refractivity contribution in [3.05, 3.63) is 0 Å². The summed E-state index contributed by atoms with van der Waals surface area (Å²) in [4.78, 5) is 34.7. The van der Waals surface area contributed by atoms with Crippen LogP contribution in [0.5, 0.6) is 0 Å². The molecule has 0 saturated carbocycles. The molecule has 0 radical (unpaired) electrons. The maximum absolute atomic E-state index is 11.7. The van der Waals surface area contributed by atoms with E-state index in [4.69, 9.17) is 21.9 Å². The van der Waals surface area contributed by atoms with E-state index in [1.165, 1.54) is 13.8 Å². The molecule has 0 heterocycles. The van der Waals surface area contributed by atoms with Gasteiger partial charge in [0.25, 0.3) is 0 Å². The number of carbonyl (C=O) groups excluding carboxylic acids is 3. The van der Waals surface area contributed by atoms with Crippen LogP contribution in [-0.2, 0) is 23.9 Å². The van der Waals surface area contributed by atoms with Crippen molar-refractivity contribution in [2.24, 2.45) is 23.1 Å². The van der Waals surface area contributed by atoms with Gasteiger partial charge < -0.3 is 26.7 Å². The molecule has 0 aliphatic rings. The molecule has 0 aromatic carbocycles. The van der Waals surface area contributed by atoms with Crippen molar-refractivity contribution in [3.8, 4) is 0 Å². The van der Waals surface area contributed by atoms with E-state index in [2.05, 4.69) is 4.74 Å². The van der Waals surface area contributed by atoms with E-state index in [0.29, 0.717) is 6.42 Å². The fourth-order valence-electron chi connectivity index (χ4n) is 1.28. The Labute approximate surface area is 124 Å². The number of nitrogens with two attached hydrogens (primary N) is 3. The van der Waals surface area contributed by atoms with Crippen molar-refractivity contribution >= 4 is 17.9 Å². The van der Waals surface area contributed by atoms with Gasteiger partial charge in [-0.15, -0.1) is 0 Å². The number of hydrogen-bond donors (Lipinski definition) is 3. The average molecular weight is 303 g/mol. The maximum Gasteiger partial charge on any atom is 0.334 e. The van der Waals surface area contributed by atoms with Crippen LogP contribution >= 0.6 is 0 Å². The molecule has 0 fully saturated rings. The van der Waals surface area contributed by atoms with Crippen LogP contribution < -0.4 is 17.2 Å². The molecule has 0 aliphatic carbocycles. The lowest BCUT2D eigenvalue weighted by Gasteiger charge is -2.21. The zero-order valence-corrected chi connectivity index (χ0v) is 12.9. The Balaban J connectivity index is 4.51. The maximum atomic E-state index is 11.7. The third-order valence-electron chi connectivity index (χ3n) is 3.18. The minimum Gasteiger partial charge on any atom is -0.459 e. The van der Waals surface area contributed by atoms with Gasteiger partial charge in [0.1, 0.15) is 24.2 Å². The van der Waals surface area contributed by atoms with Crippen LogP contribution in [-0.4, -0.2) is 42.1 Å². The molecule has 0 unspecified atom stereocenters. The number of ether oxygens (including phenoxy) is 2. The van der Waals surface area contributed by atoms with E-state index in [9.17, 15) is 14.4 Å². The van der Waals surface area contributed by atoms with E-state index < -0.39 is 42.1 Å². The second kappa shape index (κ2) is 8.71. The summed E-state index contributed by atoms with van der Waals surface area (Å²) in [5.74, 6) is -2.68. The highest BCUT2D eigenvalue weighted by Gasteiger charge is 2.30. The van der Waals surface area contributed by atoms with Gasteiger partial charge in [0.15, 0.2) is 0 Å². The highest BCUT2D eigenvalue weighted by atomic mass is 16.6. The first kappa shape index (κ1) is 19.5. The van der Waals surface area contributed by atoms with Gasteiger partial charge in [-0.3, -0.25) is 4.79 Å². The third-order valence-corrected chi connectivity index (χ3v) is 3.18. The Bertz CT molecular complexity index is 386. The van der Waals surface area contributed by atoms with Crippen molar-refractivity contribution in [1.29, 1.82) is 0 Å². The number of carbonyl (C=O) groups is 3. The molecule has 0 spiro atoms. The first-order valence-electron chi connectivity index (χ1n) is 6.84. The summed E-state index contributed by atoms with van der Waals surface area (Å²) in [6.07, 6.45) is -0.303. The highest BCUT2D eigenvalue weighted by molar-refractivity contribution is 5.91. The van der Waals surface area contributed by atoms with Crippen LogP contribution in [0.25, 0.3) is 0 Å². The van der Waals surface area contributed by atoms with E-state index in [1.807, 2.05) is 6.92 Å². The van der Waals surface area contributed by atoms with Crippen molar-refractivity contribution in [2.75, 3.05) is 0 Å². The average Bonchev–Trinajstić information content (AvgIpc) is 2.43. The first-order chi connectivity index (χ1) is 9.61. The van der Waals surface area contributed by atoms with Crippen molar-refractivity contribution in [2.45, 2.75) is 58.3 Å². The first-order valence-corrected chi connectivity index (χ1v) is 6.84. The van der Waals surface area contributed by atoms with Crippen LogP contribution in [0.4, 0.5) is 0 Å². The lowest BCUT2D eigenvalue weighted by atomic mass is 10.0. The molecule has 0 aromatic heterocycles. The lowest BCUT2D eigenvalue weighted by Crippen LogP contribution is -2.48. The van der Waals surface area contributed by atoms with Gasteiger partial charge in [-0.25, -0.2) is 9.59 Å². The summed E-state index contributed by atoms with van der Waals surface area (Å²) < 4.78 is 9.48. The fraction of sp³-hybridized carbons (Fsp3) is 0.769. The van der Waals surface area contributed by atoms with Gasteiger partial charge >= 0.3 is 17.9 Å². The summed E-state index contributed by atoms with van der Waals surface area (Å²) in [6, 6.07) is -3.04.